The summed E-state index contributed by atoms with van der Waals surface area (Å²) in [7, 11) is 0. The lowest BCUT2D eigenvalue weighted by Gasteiger charge is -2.59. The molecule has 0 aromatic heterocycles. The van der Waals surface area contributed by atoms with Crippen molar-refractivity contribution in [2.75, 3.05) is 0 Å². The summed E-state index contributed by atoms with van der Waals surface area (Å²) in [5, 5.41) is 23.1. The van der Waals surface area contributed by atoms with E-state index in [1.807, 2.05) is 27.7 Å². The number of carbonyl (C=O) groups excluding carboxylic acids is 3. The van der Waals surface area contributed by atoms with Crippen molar-refractivity contribution in [1.29, 1.82) is 0 Å². The molecule has 10 atom stereocenters. The maximum Gasteiger partial charge on any atom is 0.326 e. The number of ether oxygens (including phenoxy) is 3. The zero-order chi connectivity index (χ0) is 32.4. The summed E-state index contributed by atoms with van der Waals surface area (Å²) in [5.41, 5.74) is -0.796. The van der Waals surface area contributed by atoms with Crippen molar-refractivity contribution in [2.45, 2.75) is 128 Å². The molecule has 2 amide bonds. The van der Waals surface area contributed by atoms with E-state index >= 15 is 0 Å². The Hall–Kier alpha value is -2.81. The van der Waals surface area contributed by atoms with Gasteiger partial charge in [-0.1, -0.05) is 27.7 Å². The van der Waals surface area contributed by atoms with Gasteiger partial charge in [-0.05, 0) is 56.8 Å². The molecule has 14 heteroatoms. The fourth-order valence-corrected chi connectivity index (χ4v) is 7.18. The van der Waals surface area contributed by atoms with Crippen molar-refractivity contribution >= 4 is 29.7 Å². The Morgan fingerprint density at radius 3 is 2.32 bits per heavy atom. The molecule has 248 valence electrons. The molecule has 44 heavy (non-hydrogen) atoms. The van der Waals surface area contributed by atoms with E-state index in [1.165, 1.54) is 0 Å². The topological polar surface area (TPSA) is 196 Å². The molecule has 1 unspecified atom stereocenters. The Kier molecular flexibility index (Phi) is 10.6. The third-order valence-corrected chi connectivity index (χ3v) is 9.52. The predicted molar refractivity (Wildman–Crippen MR) is 150 cm³/mol. The molecule has 0 aromatic rings. The van der Waals surface area contributed by atoms with E-state index in [1.54, 1.807) is 0 Å². The summed E-state index contributed by atoms with van der Waals surface area (Å²) in [6, 6.07) is -2.50. The third kappa shape index (κ3) is 7.35. The molecular weight excluding hydrogens is 580 g/mol. The molecular formula is C30H46N2O12. The van der Waals surface area contributed by atoms with Gasteiger partial charge in [0.1, 0.15) is 12.1 Å². The van der Waals surface area contributed by atoms with Crippen LogP contribution >= 0.6 is 0 Å². The molecule has 1 aliphatic carbocycles. The number of carboxylic acid groups (broad SMARTS) is 2. The smallest absolute Gasteiger partial charge is 0.326 e. The standard InChI is InChI=1S/C30H46N2O12/c1-15(2)14-21(25(37)32-20(26(38)39)8-10-23(34)35)31-22(33)9-11-24(36)40-27-17(4)19-7-6-16(3)18-12-13-29(5)42-28(41-27)30(18,19)44-43-29/h15-21,27-28H,6-14H2,1-5H3,(H,31,33)(H,32,37)(H,34,35)(H,38,39)/t16-,17-,18+,19+,20+,21+,27-,28-,29?,30-/m1/s1. The van der Waals surface area contributed by atoms with Crippen molar-refractivity contribution in [2.24, 2.45) is 29.6 Å². The number of rotatable bonds is 13. The number of aliphatic carboxylic acids is 2. The van der Waals surface area contributed by atoms with E-state index in [9.17, 15) is 29.1 Å². The van der Waals surface area contributed by atoms with Gasteiger partial charge in [-0.3, -0.25) is 19.2 Å². The van der Waals surface area contributed by atoms with Gasteiger partial charge in [0.25, 0.3) is 0 Å². The molecule has 4 N–H and O–H groups in total. The number of hydrogen-bond donors (Lipinski definition) is 4. The Labute approximate surface area is 256 Å². The predicted octanol–water partition coefficient (Wildman–Crippen LogP) is 2.48. The van der Waals surface area contributed by atoms with Gasteiger partial charge in [-0.25, -0.2) is 14.6 Å². The van der Waals surface area contributed by atoms with E-state index in [0.717, 1.165) is 19.3 Å². The molecule has 4 heterocycles. The van der Waals surface area contributed by atoms with E-state index in [2.05, 4.69) is 17.6 Å². The molecule has 5 aliphatic rings. The minimum absolute atomic E-state index is 0.0352. The van der Waals surface area contributed by atoms with Gasteiger partial charge in [0.2, 0.25) is 23.9 Å². The number of carbonyl (C=O) groups is 5. The quantitative estimate of drug-likeness (QED) is 0.172. The molecule has 0 aromatic carbocycles. The number of nitrogens with one attached hydrogen (secondary N) is 2. The molecule has 0 radical (unpaired) electrons. The van der Waals surface area contributed by atoms with E-state index in [-0.39, 0.29) is 49.4 Å². The molecule has 4 saturated heterocycles. The summed E-state index contributed by atoms with van der Waals surface area (Å²) in [5.74, 6) is -5.28. The molecule has 14 nitrogen and oxygen atoms in total. The highest BCUT2D eigenvalue weighted by Crippen LogP contribution is 2.60. The fourth-order valence-electron chi connectivity index (χ4n) is 7.18. The first-order valence-electron chi connectivity index (χ1n) is 15.6. The van der Waals surface area contributed by atoms with E-state index < -0.39 is 72.2 Å². The number of fused-ring (bicyclic) bond motifs is 2. The number of amides is 2. The Bertz CT molecular complexity index is 1120. The van der Waals surface area contributed by atoms with Gasteiger partial charge in [-0.2, -0.15) is 0 Å². The second kappa shape index (κ2) is 13.7. The first-order chi connectivity index (χ1) is 20.6. The average molecular weight is 627 g/mol. The largest absolute Gasteiger partial charge is 0.481 e. The van der Waals surface area contributed by atoms with E-state index in [0.29, 0.717) is 12.3 Å². The molecule has 2 bridgehead atoms. The first-order valence-corrected chi connectivity index (χ1v) is 15.6. The zero-order valence-corrected chi connectivity index (χ0v) is 26.0. The van der Waals surface area contributed by atoms with E-state index in [4.69, 9.17) is 29.1 Å². The second-order valence-corrected chi connectivity index (χ2v) is 13.3. The SMILES string of the molecule is CC(C)C[C@H](NC(=O)CCC(=O)O[C@@H]1O[C@@H]2OC3(C)CC[C@H]4[C@H](C)CC[C@@H]([C@H]1C)[C@@]24OO3)C(=O)N[C@@H](CCC(=O)O)C(=O)O. The molecule has 5 fully saturated rings. The highest BCUT2D eigenvalue weighted by Gasteiger charge is 2.69. The van der Waals surface area contributed by atoms with Crippen LogP contribution in [0.3, 0.4) is 0 Å². The van der Waals surface area contributed by atoms with Crippen molar-refractivity contribution in [3.63, 3.8) is 0 Å². The van der Waals surface area contributed by atoms with Gasteiger partial charge in [0, 0.05) is 31.1 Å². The average Bonchev–Trinajstić information content (AvgIpc) is 3.17. The fraction of sp³-hybridized carbons (Fsp3) is 0.833. The lowest BCUT2D eigenvalue weighted by atomic mass is 9.58. The second-order valence-electron chi connectivity index (χ2n) is 13.3. The Balaban J connectivity index is 1.34. The highest BCUT2D eigenvalue weighted by atomic mass is 17.3. The van der Waals surface area contributed by atoms with Gasteiger partial charge in [-0.15, -0.1) is 0 Å². The number of carboxylic acids is 2. The van der Waals surface area contributed by atoms with Gasteiger partial charge < -0.3 is 35.1 Å². The minimum Gasteiger partial charge on any atom is -0.481 e. The lowest BCUT2D eigenvalue weighted by Crippen LogP contribution is -2.70. The van der Waals surface area contributed by atoms with Gasteiger partial charge >= 0.3 is 17.9 Å². The van der Waals surface area contributed by atoms with Crippen LogP contribution in [-0.4, -0.2) is 76.0 Å². The third-order valence-electron chi connectivity index (χ3n) is 9.52. The normalized spacial score (nSPS) is 35.5. The highest BCUT2D eigenvalue weighted by molar-refractivity contribution is 5.91. The van der Waals surface area contributed by atoms with Crippen LogP contribution < -0.4 is 10.6 Å². The van der Waals surface area contributed by atoms with Gasteiger partial charge in [0.15, 0.2) is 11.9 Å². The van der Waals surface area contributed by atoms with Crippen molar-refractivity contribution in [3.8, 4) is 0 Å². The van der Waals surface area contributed by atoms with Crippen LogP contribution in [0.15, 0.2) is 0 Å². The Morgan fingerprint density at radius 2 is 1.66 bits per heavy atom. The lowest BCUT2D eigenvalue weighted by molar-refractivity contribution is -0.576. The minimum atomic E-state index is -1.42. The summed E-state index contributed by atoms with van der Waals surface area (Å²) < 4.78 is 18.3. The summed E-state index contributed by atoms with van der Waals surface area (Å²) in [4.78, 5) is 72.8. The van der Waals surface area contributed by atoms with Crippen LogP contribution in [0.5, 0.6) is 0 Å². The molecule has 5 rings (SSSR count). The molecule has 1 spiro atoms. The number of hydrogen-bond acceptors (Lipinski definition) is 10. The van der Waals surface area contributed by atoms with Crippen LogP contribution in [0.25, 0.3) is 0 Å². The maximum absolute atomic E-state index is 12.9. The van der Waals surface area contributed by atoms with Crippen LogP contribution in [0.4, 0.5) is 0 Å². The molecule has 4 aliphatic heterocycles. The maximum atomic E-state index is 12.9. The summed E-state index contributed by atoms with van der Waals surface area (Å²) in [6.07, 6.45) is 0.558. The van der Waals surface area contributed by atoms with Crippen LogP contribution in [0.1, 0.15) is 92.4 Å². The zero-order valence-electron chi connectivity index (χ0n) is 26.0. The summed E-state index contributed by atoms with van der Waals surface area (Å²) in [6.45, 7) is 9.62. The van der Waals surface area contributed by atoms with Crippen molar-refractivity contribution in [1.82, 2.24) is 10.6 Å². The van der Waals surface area contributed by atoms with Crippen LogP contribution in [-0.2, 0) is 48.0 Å². The monoisotopic (exact) mass is 626 g/mol. The summed E-state index contributed by atoms with van der Waals surface area (Å²) >= 11 is 0. The first kappa shape index (κ1) is 34.1. The van der Waals surface area contributed by atoms with Crippen LogP contribution in [0.2, 0.25) is 0 Å². The van der Waals surface area contributed by atoms with Crippen molar-refractivity contribution < 1.29 is 58.2 Å². The Morgan fingerprint density at radius 1 is 0.932 bits per heavy atom. The molecule has 1 saturated carbocycles. The van der Waals surface area contributed by atoms with Crippen LogP contribution in [0, 0.1) is 29.6 Å². The van der Waals surface area contributed by atoms with Gasteiger partial charge in [0.05, 0.1) is 6.42 Å². The van der Waals surface area contributed by atoms with Crippen molar-refractivity contribution in [3.05, 3.63) is 0 Å². The number of esters is 1.